The van der Waals surface area contributed by atoms with Gasteiger partial charge in [0.05, 0.1) is 10.7 Å². The number of hydrogen-bond donors (Lipinski definition) is 0. The van der Waals surface area contributed by atoms with Crippen LogP contribution in [0.1, 0.15) is 46.5 Å². The van der Waals surface area contributed by atoms with Crippen molar-refractivity contribution in [2.45, 2.75) is 44.9 Å². The minimum atomic E-state index is 0.529. The zero-order chi connectivity index (χ0) is 16.1. The molecule has 0 saturated carbocycles. The highest BCUT2D eigenvalue weighted by atomic mass is 32.1. The Kier molecular flexibility index (Phi) is 3.29. The molecule has 5 rings (SSSR count). The summed E-state index contributed by atoms with van der Waals surface area (Å²) in [6.07, 6.45) is 7.68. The lowest BCUT2D eigenvalue weighted by Gasteiger charge is -2.33. The zero-order valence-corrected chi connectivity index (χ0v) is 14.6. The van der Waals surface area contributed by atoms with Gasteiger partial charge >= 0.3 is 0 Å². The smallest absolute Gasteiger partial charge is 0.254 e. The lowest BCUT2D eigenvalue weighted by molar-refractivity contribution is 0.501. The molecule has 3 aromatic heterocycles. The van der Waals surface area contributed by atoms with Crippen LogP contribution in [0, 0.1) is 6.92 Å². The third kappa shape index (κ3) is 2.30. The van der Waals surface area contributed by atoms with E-state index in [4.69, 9.17) is 4.98 Å². The molecule has 0 amide bonds. The number of fused-ring (bicyclic) bond motifs is 2. The zero-order valence-electron chi connectivity index (χ0n) is 13.8. The van der Waals surface area contributed by atoms with Crippen molar-refractivity contribution >= 4 is 22.9 Å². The number of aryl methyl sites for hydroxylation is 3. The molecule has 7 heteroatoms. The molecule has 1 aliphatic carbocycles. The van der Waals surface area contributed by atoms with Gasteiger partial charge in [-0.1, -0.05) is 0 Å². The van der Waals surface area contributed by atoms with Gasteiger partial charge in [0.2, 0.25) is 0 Å². The van der Waals surface area contributed by atoms with Crippen molar-refractivity contribution in [3.8, 4) is 0 Å². The second-order valence-electron chi connectivity index (χ2n) is 6.79. The molecule has 4 heterocycles. The van der Waals surface area contributed by atoms with Gasteiger partial charge in [0.15, 0.2) is 0 Å². The van der Waals surface area contributed by atoms with E-state index in [-0.39, 0.29) is 0 Å². The first-order valence-electron chi connectivity index (χ1n) is 8.69. The highest BCUT2D eigenvalue weighted by Gasteiger charge is 2.28. The fourth-order valence-electron chi connectivity index (χ4n) is 3.91. The molecule has 0 N–H and O–H groups in total. The van der Waals surface area contributed by atoms with Gasteiger partial charge in [-0.3, -0.25) is 0 Å². The average molecular weight is 340 g/mol. The third-order valence-corrected chi connectivity index (χ3v) is 6.39. The molecular weight excluding hydrogens is 320 g/mol. The molecule has 6 nitrogen and oxygen atoms in total. The molecule has 0 bridgehead atoms. The lowest BCUT2D eigenvalue weighted by atomic mass is 9.98. The SMILES string of the molecule is Cc1cc(N2CCCC(c3nc4c(s3)CCC4)C2)n2ncnc2n1. The van der Waals surface area contributed by atoms with Crippen molar-refractivity contribution in [2.75, 3.05) is 18.0 Å². The quantitative estimate of drug-likeness (QED) is 0.718. The fraction of sp³-hybridized carbons (Fsp3) is 0.529. The molecule has 1 fully saturated rings. The number of anilines is 1. The Bertz CT molecular complexity index is 876. The molecule has 24 heavy (non-hydrogen) atoms. The maximum Gasteiger partial charge on any atom is 0.254 e. The Morgan fingerprint density at radius 2 is 2.17 bits per heavy atom. The average Bonchev–Trinajstić information content (AvgIpc) is 3.29. The van der Waals surface area contributed by atoms with Crippen molar-refractivity contribution < 1.29 is 0 Å². The lowest BCUT2D eigenvalue weighted by Crippen LogP contribution is -2.35. The Labute approximate surface area is 144 Å². The van der Waals surface area contributed by atoms with Gasteiger partial charge in [-0.25, -0.2) is 9.97 Å². The van der Waals surface area contributed by atoms with Gasteiger partial charge in [0.25, 0.3) is 5.78 Å². The highest BCUT2D eigenvalue weighted by Crippen LogP contribution is 2.36. The number of nitrogens with zero attached hydrogens (tertiary/aromatic N) is 6. The molecule has 124 valence electrons. The second-order valence-corrected chi connectivity index (χ2v) is 7.90. The van der Waals surface area contributed by atoms with Crippen LogP contribution < -0.4 is 4.90 Å². The molecule has 2 aliphatic rings. The van der Waals surface area contributed by atoms with Gasteiger partial charge < -0.3 is 4.90 Å². The number of aromatic nitrogens is 5. The second kappa shape index (κ2) is 5.51. The summed E-state index contributed by atoms with van der Waals surface area (Å²) in [5.41, 5.74) is 2.35. The van der Waals surface area contributed by atoms with Crippen molar-refractivity contribution in [2.24, 2.45) is 0 Å². The van der Waals surface area contributed by atoms with Gasteiger partial charge in [-0.15, -0.1) is 11.3 Å². The van der Waals surface area contributed by atoms with E-state index in [2.05, 4.69) is 26.0 Å². The monoisotopic (exact) mass is 340 g/mol. The molecular formula is C17H20N6S. The summed E-state index contributed by atoms with van der Waals surface area (Å²) in [4.78, 5) is 17.6. The van der Waals surface area contributed by atoms with Crippen molar-refractivity contribution in [3.63, 3.8) is 0 Å². The van der Waals surface area contributed by atoms with Crippen molar-refractivity contribution in [1.29, 1.82) is 0 Å². The molecule has 1 aliphatic heterocycles. The summed E-state index contributed by atoms with van der Waals surface area (Å²) in [5.74, 6) is 2.31. The predicted molar refractivity (Wildman–Crippen MR) is 93.8 cm³/mol. The minimum Gasteiger partial charge on any atom is -0.356 e. The summed E-state index contributed by atoms with van der Waals surface area (Å²) in [5, 5.41) is 5.70. The van der Waals surface area contributed by atoms with E-state index in [9.17, 15) is 0 Å². The molecule has 1 unspecified atom stereocenters. The van der Waals surface area contributed by atoms with Crippen LogP contribution in [0.5, 0.6) is 0 Å². The van der Waals surface area contributed by atoms with Gasteiger partial charge in [0, 0.05) is 35.6 Å². The van der Waals surface area contributed by atoms with Gasteiger partial charge in [-0.05, 0) is 39.0 Å². The van der Waals surface area contributed by atoms with Crippen molar-refractivity contribution in [3.05, 3.63) is 33.7 Å². The summed E-state index contributed by atoms with van der Waals surface area (Å²) in [6.45, 7) is 4.08. The number of piperidine rings is 1. The van der Waals surface area contributed by atoms with Crippen LogP contribution in [0.2, 0.25) is 0 Å². The summed E-state index contributed by atoms with van der Waals surface area (Å²) in [6, 6.07) is 2.12. The summed E-state index contributed by atoms with van der Waals surface area (Å²) in [7, 11) is 0. The van der Waals surface area contributed by atoms with Crippen LogP contribution in [0.15, 0.2) is 12.4 Å². The topological polar surface area (TPSA) is 59.2 Å². The Hall–Kier alpha value is -2.02. The van der Waals surface area contributed by atoms with E-state index < -0.39 is 0 Å². The standard InChI is InChI=1S/C17H20N6S/c1-11-8-15(23-17(20-11)18-10-19-23)22-7-3-4-12(9-22)16-21-13-5-2-6-14(13)24-16/h8,10,12H,2-7,9H2,1H3. The van der Waals surface area contributed by atoms with Crippen LogP contribution in [0.3, 0.4) is 0 Å². The molecule has 0 aromatic carbocycles. The van der Waals surface area contributed by atoms with Gasteiger partial charge in [-0.2, -0.15) is 14.6 Å². The predicted octanol–water partition coefficient (Wildman–Crippen LogP) is 2.76. The largest absolute Gasteiger partial charge is 0.356 e. The molecule has 1 saturated heterocycles. The Balaban J connectivity index is 1.47. The first-order chi connectivity index (χ1) is 11.8. The Morgan fingerprint density at radius 3 is 3.08 bits per heavy atom. The van der Waals surface area contributed by atoms with E-state index in [1.807, 2.05) is 22.8 Å². The van der Waals surface area contributed by atoms with Crippen LogP contribution in [0.25, 0.3) is 5.78 Å². The first kappa shape index (κ1) is 14.3. The van der Waals surface area contributed by atoms with Crippen molar-refractivity contribution in [1.82, 2.24) is 24.6 Å². The van der Waals surface area contributed by atoms with E-state index in [1.54, 1.807) is 6.33 Å². The minimum absolute atomic E-state index is 0.529. The molecule has 0 radical (unpaired) electrons. The van der Waals surface area contributed by atoms with Crippen LogP contribution in [-0.2, 0) is 12.8 Å². The maximum absolute atomic E-state index is 4.96. The van der Waals surface area contributed by atoms with E-state index >= 15 is 0 Å². The highest BCUT2D eigenvalue weighted by molar-refractivity contribution is 7.11. The maximum atomic E-state index is 4.96. The first-order valence-corrected chi connectivity index (χ1v) is 9.50. The van der Waals surface area contributed by atoms with Crippen LogP contribution >= 0.6 is 11.3 Å². The molecule has 0 spiro atoms. The number of hydrogen-bond acceptors (Lipinski definition) is 6. The van der Waals surface area contributed by atoms with Crippen LogP contribution in [0.4, 0.5) is 5.82 Å². The fourth-order valence-corrected chi connectivity index (χ4v) is 5.19. The van der Waals surface area contributed by atoms with Gasteiger partial charge in [0.1, 0.15) is 12.1 Å². The third-order valence-electron chi connectivity index (χ3n) is 5.07. The normalized spacial score (nSPS) is 20.7. The molecule has 1 atom stereocenters. The number of rotatable bonds is 2. The number of thiazole rings is 1. The van der Waals surface area contributed by atoms with Crippen LogP contribution in [-0.4, -0.2) is 37.7 Å². The summed E-state index contributed by atoms with van der Waals surface area (Å²) >= 11 is 1.95. The summed E-state index contributed by atoms with van der Waals surface area (Å²) < 4.78 is 1.86. The molecule has 3 aromatic rings. The van der Waals surface area contributed by atoms with E-state index in [1.165, 1.54) is 47.7 Å². The van der Waals surface area contributed by atoms with E-state index in [0.29, 0.717) is 11.7 Å². The van der Waals surface area contributed by atoms with E-state index in [0.717, 1.165) is 24.6 Å². The Morgan fingerprint density at radius 1 is 1.21 bits per heavy atom.